The van der Waals surface area contributed by atoms with Crippen LogP contribution >= 0.6 is 12.2 Å². The second-order valence-corrected chi connectivity index (χ2v) is 7.25. The minimum absolute atomic E-state index is 0.227. The number of rotatable bonds is 4. The van der Waals surface area contributed by atoms with Crippen LogP contribution in [0.1, 0.15) is 0 Å². The van der Waals surface area contributed by atoms with Gasteiger partial charge >= 0.3 is 0 Å². The van der Waals surface area contributed by atoms with Gasteiger partial charge in [0, 0.05) is 11.1 Å². The summed E-state index contributed by atoms with van der Waals surface area (Å²) in [5.41, 5.74) is 2.91. The van der Waals surface area contributed by atoms with Crippen molar-refractivity contribution in [2.75, 3.05) is 7.11 Å². The van der Waals surface area contributed by atoms with Crippen LogP contribution in [-0.2, 0) is 0 Å². The third-order valence-electron chi connectivity index (χ3n) is 5.05. The lowest BCUT2D eigenvalue weighted by Gasteiger charge is -2.14. The number of furan rings is 1. The number of H-pyrrole nitrogens is 1. The second-order valence-electron chi connectivity index (χ2n) is 6.86. The number of fused-ring (bicyclic) bond motifs is 1. The average molecular weight is 427 g/mol. The molecule has 0 saturated heterocycles. The third-order valence-corrected chi connectivity index (χ3v) is 5.33. The highest BCUT2D eigenvalue weighted by Gasteiger charge is 2.19. The van der Waals surface area contributed by atoms with Crippen molar-refractivity contribution in [3.8, 4) is 34.0 Å². The van der Waals surface area contributed by atoms with E-state index in [9.17, 15) is 4.79 Å². The molecule has 0 fully saturated rings. The molecule has 5 rings (SSSR count). The average Bonchev–Trinajstić information content (AvgIpc) is 3.34. The van der Waals surface area contributed by atoms with Crippen molar-refractivity contribution in [3.05, 3.63) is 94.2 Å². The summed E-state index contributed by atoms with van der Waals surface area (Å²) in [4.78, 5) is 21.6. The first kappa shape index (κ1) is 19.0. The molecule has 3 aromatic heterocycles. The molecule has 2 aromatic carbocycles. The standard InChI is InChI=1S/C24H17N3O3S/c1-29-20-11-6-5-10-18(20)27-23(28)21-16(19-12-7-13-30-19)14-17(15-8-3-2-4-9-15)25-22(21)26-24(27)31/h2-14H,1H3,(H,25,26,31). The maximum atomic E-state index is 13.7. The maximum Gasteiger partial charge on any atom is 0.269 e. The van der Waals surface area contributed by atoms with Gasteiger partial charge < -0.3 is 14.1 Å². The van der Waals surface area contributed by atoms with E-state index in [0.717, 1.165) is 5.56 Å². The molecule has 0 aliphatic carbocycles. The highest BCUT2D eigenvalue weighted by atomic mass is 32.1. The number of hydrogen-bond acceptors (Lipinski definition) is 5. The van der Waals surface area contributed by atoms with Gasteiger partial charge in [-0.1, -0.05) is 42.5 Å². The van der Waals surface area contributed by atoms with E-state index >= 15 is 0 Å². The predicted octanol–water partition coefficient (Wildman–Crippen LogP) is 5.38. The summed E-state index contributed by atoms with van der Waals surface area (Å²) in [5, 5.41) is 0.383. The van der Waals surface area contributed by atoms with Crippen LogP contribution in [0.4, 0.5) is 0 Å². The molecular weight excluding hydrogens is 410 g/mol. The van der Waals surface area contributed by atoms with Gasteiger partial charge in [-0.05, 0) is 42.5 Å². The van der Waals surface area contributed by atoms with E-state index in [4.69, 9.17) is 26.4 Å². The molecule has 6 nitrogen and oxygen atoms in total. The van der Waals surface area contributed by atoms with Gasteiger partial charge in [-0.15, -0.1) is 0 Å². The van der Waals surface area contributed by atoms with Crippen LogP contribution in [-0.4, -0.2) is 21.6 Å². The van der Waals surface area contributed by atoms with E-state index in [-0.39, 0.29) is 10.3 Å². The van der Waals surface area contributed by atoms with Gasteiger partial charge in [-0.25, -0.2) is 9.55 Å². The van der Waals surface area contributed by atoms with Gasteiger partial charge in [0.2, 0.25) is 0 Å². The molecule has 0 amide bonds. The molecule has 152 valence electrons. The van der Waals surface area contributed by atoms with Crippen molar-refractivity contribution >= 4 is 23.3 Å². The highest BCUT2D eigenvalue weighted by Crippen LogP contribution is 2.31. The van der Waals surface area contributed by atoms with Crippen LogP contribution in [0.5, 0.6) is 5.75 Å². The van der Waals surface area contributed by atoms with E-state index in [1.165, 1.54) is 4.57 Å². The van der Waals surface area contributed by atoms with Crippen molar-refractivity contribution in [2.24, 2.45) is 0 Å². The first-order valence-electron chi connectivity index (χ1n) is 9.60. The molecule has 0 atom stereocenters. The molecule has 31 heavy (non-hydrogen) atoms. The Kier molecular flexibility index (Phi) is 4.72. The minimum Gasteiger partial charge on any atom is -0.495 e. The molecule has 7 heteroatoms. The number of nitrogens with one attached hydrogen (secondary N) is 1. The summed E-state index contributed by atoms with van der Waals surface area (Å²) in [6.45, 7) is 0. The largest absolute Gasteiger partial charge is 0.495 e. The van der Waals surface area contributed by atoms with Gasteiger partial charge in [-0.3, -0.25) is 4.79 Å². The molecule has 0 aliphatic heterocycles. The third kappa shape index (κ3) is 3.25. The molecule has 0 aliphatic rings. The molecule has 1 N–H and O–H groups in total. The summed E-state index contributed by atoms with van der Waals surface area (Å²) in [5.74, 6) is 1.11. The van der Waals surface area contributed by atoms with Crippen molar-refractivity contribution in [1.82, 2.24) is 14.5 Å². The summed E-state index contributed by atoms with van der Waals surface area (Å²) in [6, 6.07) is 22.4. The number of nitrogens with zero attached hydrogens (tertiary/aromatic N) is 2. The molecule has 0 radical (unpaired) electrons. The lowest BCUT2D eigenvalue weighted by atomic mass is 10.0. The van der Waals surface area contributed by atoms with Crippen molar-refractivity contribution < 1.29 is 9.15 Å². The molecule has 3 heterocycles. The second kappa shape index (κ2) is 7.70. The SMILES string of the molecule is COc1ccccc1-n1c(=S)[nH]c2nc(-c3ccccc3)cc(-c3ccco3)c2c1=O. The monoisotopic (exact) mass is 427 g/mol. The predicted molar refractivity (Wildman–Crippen MR) is 122 cm³/mol. The Morgan fingerprint density at radius 1 is 1.03 bits per heavy atom. The summed E-state index contributed by atoms with van der Waals surface area (Å²) in [7, 11) is 1.56. The van der Waals surface area contributed by atoms with Gasteiger partial charge in [-0.2, -0.15) is 0 Å². The number of methoxy groups -OCH3 is 1. The minimum atomic E-state index is -0.304. The van der Waals surface area contributed by atoms with Crippen molar-refractivity contribution in [2.45, 2.75) is 0 Å². The van der Waals surface area contributed by atoms with E-state index < -0.39 is 0 Å². The molecular formula is C24H17N3O3S. The summed E-state index contributed by atoms with van der Waals surface area (Å²) >= 11 is 5.55. The van der Waals surface area contributed by atoms with E-state index in [1.807, 2.05) is 54.6 Å². The lowest BCUT2D eigenvalue weighted by molar-refractivity contribution is 0.412. The lowest BCUT2D eigenvalue weighted by Crippen LogP contribution is -2.22. The van der Waals surface area contributed by atoms with Crippen LogP contribution in [0.3, 0.4) is 0 Å². The molecule has 0 unspecified atom stereocenters. The smallest absolute Gasteiger partial charge is 0.269 e. The first-order chi connectivity index (χ1) is 15.2. The van der Waals surface area contributed by atoms with Gasteiger partial charge in [0.25, 0.3) is 5.56 Å². The van der Waals surface area contributed by atoms with Crippen molar-refractivity contribution in [3.63, 3.8) is 0 Å². The first-order valence-corrected chi connectivity index (χ1v) is 10.0. The number of aromatic nitrogens is 3. The number of aromatic amines is 1. The van der Waals surface area contributed by atoms with Crippen molar-refractivity contribution in [1.29, 1.82) is 0 Å². The quantitative estimate of drug-likeness (QED) is 0.390. The van der Waals surface area contributed by atoms with Gasteiger partial charge in [0.05, 0.1) is 30.1 Å². The molecule has 0 saturated carbocycles. The van der Waals surface area contributed by atoms with Gasteiger partial charge in [0.1, 0.15) is 17.2 Å². The van der Waals surface area contributed by atoms with Crippen LogP contribution in [0.15, 0.2) is 88.3 Å². The van der Waals surface area contributed by atoms with E-state index in [2.05, 4.69) is 4.98 Å². The zero-order chi connectivity index (χ0) is 21.4. The Labute approximate surface area is 182 Å². The number of hydrogen-bond donors (Lipinski definition) is 1. The Morgan fingerprint density at radius 2 is 1.81 bits per heavy atom. The molecule has 0 spiro atoms. The highest BCUT2D eigenvalue weighted by molar-refractivity contribution is 7.71. The fourth-order valence-electron chi connectivity index (χ4n) is 3.63. The van der Waals surface area contributed by atoms with E-state index in [0.29, 0.717) is 39.5 Å². The summed E-state index contributed by atoms with van der Waals surface area (Å²) in [6.07, 6.45) is 1.58. The van der Waals surface area contributed by atoms with Gasteiger partial charge in [0.15, 0.2) is 4.77 Å². The Morgan fingerprint density at radius 3 is 2.55 bits per heavy atom. The van der Waals surface area contributed by atoms with Crippen LogP contribution in [0, 0.1) is 4.77 Å². The normalized spacial score (nSPS) is 11.0. The molecule has 5 aromatic rings. The number of pyridine rings is 1. The number of benzene rings is 2. The zero-order valence-corrected chi connectivity index (χ0v) is 17.3. The topological polar surface area (TPSA) is 73.1 Å². The number of para-hydroxylation sites is 2. The Bertz CT molecular complexity index is 1500. The van der Waals surface area contributed by atoms with Crippen LogP contribution in [0.2, 0.25) is 0 Å². The van der Waals surface area contributed by atoms with E-state index in [1.54, 1.807) is 31.6 Å². The maximum absolute atomic E-state index is 13.7. The summed E-state index contributed by atoms with van der Waals surface area (Å²) < 4.78 is 12.8. The van der Waals surface area contributed by atoms with Crippen LogP contribution in [0.25, 0.3) is 39.3 Å². The fraction of sp³-hybridized carbons (Fsp3) is 0.0417. The molecule has 0 bridgehead atoms. The van der Waals surface area contributed by atoms with Crippen LogP contribution < -0.4 is 10.3 Å². The Hall–Kier alpha value is -3.97. The Balaban J connectivity index is 1.89. The zero-order valence-electron chi connectivity index (χ0n) is 16.5. The number of ether oxygens (including phenoxy) is 1. The fourth-order valence-corrected chi connectivity index (χ4v) is 3.91.